The number of hydrogen-bond donors (Lipinski definition) is 0. The number of allylic oxidation sites excluding steroid dienone is 8. The maximum atomic E-state index is 2.71. The molecule has 1 heteroatoms. The molecule has 18 heavy (non-hydrogen) atoms. The molecule has 0 aromatic rings. The fourth-order valence-electron chi connectivity index (χ4n) is 4.65. The van der Waals surface area contributed by atoms with Crippen LogP contribution in [0.2, 0.25) is 4.94 Å². The van der Waals surface area contributed by atoms with E-state index >= 15 is 0 Å². The molecule has 2 atom stereocenters. The van der Waals surface area contributed by atoms with Crippen molar-refractivity contribution in [2.45, 2.75) is 44.5 Å². The van der Waals surface area contributed by atoms with Crippen molar-refractivity contribution in [1.82, 2.24) is 0 Å². The Morgan fingerprint density at radius 1 is 1.06 bits per heavy atom. The van der Waals surface area contributed by atoms with E-state index in [1.807, 2.05) is 14.7 Å². The first-order valence-electron chi connectivity index (χ1n) is 7.25. The van der Waals surface area contributed by atoms with E-state index in [2.05, 4.69) is 24.9 Å². The summed E-state index contributed by atoms with van der Waals surface area (Å²) < 4.78 is 1.85. The van der Waals surface area contributed by atoms with Gasteiger partial charge in [-0.2, -0.15) is 0 Å². The third kappa shape index (κ3) is 1.28. The molecule has 0 aliphatic heterocycles. The first-order chi connectivity index (χ1) is 8.72. The van der Waals surface area contributed by atoms with Crippen LogP contribution < -0.4 is 0 Å². The molecule has 0 amide bonds. The van der Waals surface area contributed by atoms with Crippen LogP contribution >= 0.6 is 0 Å². The normalized spacial score (nSPS) is 33.4. The molecule has 0 bridgehead atoms. The summed E-state index contributed by atoms with van der Waals surface area (Å²) in [5.41, 5.74) is 10.5. The van der Waals surface area contributed by atoms with Gasteiger partial charge in [0.25, 0.3) is 0 Å². The topological polar surface area (TPSA) is 0 Å². The second-order valence-electron chi connectivity index (χ2n) is 6.16. The third-order valence-electron chi connectivity index (χ3n) is 5.61. The number of rotatable bonds is 1. The van der Waals surface area contributed by atoms with Crippen LogP contribution in [-0.2, 0) is 0 Å². The summed E-state index contributed by atoms with van der Waals surface area (Å²) in [7, 11) is 0. The van der Waals surface area contributed by atoms with Gasteiger partial charge < -0.3 is 0 Å². The molecule has 1 saturated carbocycles. The van der Waals surface area contributed by atoms with Gasteiger partial charge in [-0.3, -0.25) is 0 Å². The van der Waals surface area contributed by atoms with Crippen LogP contribution in [0, 0.1) is 11.8 Å². The molecule has 0 N–H and O–H groups in total. The first-order valence-corrected chi connectivity index (χ1v) is 11.5. The molecule has 4 rings (SSSR count). The number of hydrogen-bond acceptors (Lipinski definition) is 0. The average Bonchev–Trinajstić information content (AvgIpc) is 2.98. The van der Waals surface area contributed by atoms with Crippen molar-refractivity contribution in [1.29, 1.82) is 0 Å². The van der Waals surface area contributed by atoms with Crippen molar-refractivity contribution in [3.63, 3.8) is 0 Å². The Balaban J connectivity index is 2.00. The van der Waals surface area contributed by atoms with Crippen molar-refractivity contribution < 1.29 is 0 Å². The molecule has 2 unspecified atom stereocenters. The Kier molecular flexibility index (Phi) is 2.49. The van der Waals surface area contributed by atoms with E-state index in [1.54, 1.807) is 22.3 Å². The van der Waals surface area contributed by atoms with E-state index in [9.17, 15) is 0 Å². The Labute approximate surface area is 120 Å². The van der Waals surface area contributed by atoms with Crippen LogP contribution in [0.1, 0.15) is 39.5 Å². The minimum absolute atomic E-state index is 0.274. The van der Waals surface area contributed by atoms with Gasteiger partial charge in [0, 0.05) is 0 Å². The summed E-state index contributed by atoms with van der Waals surface area (Å²) in [6, 6.07) is 0. The van der Waals surface area contributed by atoms with E-state index < -0.39 is 0 Å². The fourth-order valence-corrected chi connectivity index (χ4v) is 7.34. The summed E-state index contributed by atoms with van der Waals surface area (Å²) >= 11 is -0.274. The molecule has 0 aromatic heterocycles. The summed E-state index contributed by atoms with van der Waals surface area (Å²) in [4.78, 5) is 2.50. The van der Waals surface area contributed by atoms with Crippen molar-refractivity contribution >= 4 is 21.1 Å². The molecule has 0 heterocycles. The Morgan fingerprint density at radius 2 is 1.83 bits per heavy atom. The van der Waals surface area contributed by atoms with Crippen LogP contribution in [0.4, 0.5) is 0 Å². The first kappa shape index (κ1) is 11.6. The quantitative estimate of drug-likeness (QED) is 0.619. The van der Waals surface area contributed by atoms with E-state index in [1.165, 1.54) is 25.7 Å². The third-order valence-corrected chi connectivity index (χ3v) is 8.48. The Bertz CT molecular complexity index is 568. The van der Waals surface area contributed by atoms with Crippen molar-refractivity contribution in [3.05, 3.63) is 43.1 Å². The second-order valence-corrected chi connectivity index (χ2v) is 9.12. The van der Waals surface area contributed by atoms with Gasteiger partial charge in [0.05, 0.1) is 0 Å². The molecule has 4 aliphatic rings. The van der Waals surface area contributed by atoms with Crippen molar-refractivity contribution in [2.75, 3.05) is 0 Å². The zero-order valence-corrected chi connectivity index (χ0v) is 14.4. The monoisotopic (exact) mass is 344 g/mol. The van der Waals surface area contributed by atoms with Crippen LogP contribution in [0.3, 0.4) is 0 Å². The van der Waals surface area contributed by atoms with E-state index in [0.29, 0.717) is 0 Å². The molecule has 0 spiro atoms. The van der Waals surface area contributed by atoms with Crippen LogP contribution in [0.5, 0.6) is 0 Å². The molecule has 0 aromatic carbocycles. The molecule has 4 aliphatic carbocycles. The molecular formula is C17H20Sn. The zero-order chi connectivity index (χ0) is 12.4. The molecular weight excluding hydrogens is 323 g/mol. The minimum atomic E-state index is -0.274. The second kappa shape index (κ2) is 3.88. The summed E-state index contributed by atoms with van der Waals surface area (Å²) in [5.74, 6) is 1.68. The molecule has 0 nitrogen and oxygen atoms in total. The van der Waals surface area contributed by atoms with Gasteiger partial charge in [-0.25, -0.2) is 0 Å². The van der Waals surface area contributed by atoms with Crippen LogP contribution in [0.25, 0.3) is 0 Å². The standard InChI is InChI=1S/C16H17.CH3.Sn/c1-9-10(2)14-8-6-12-4-3-11-5-7-13(9)15(11)16(12)14;;/h3,11,15H,5-8H2,1-2H3;1H3;. The molecule has 92 valence electrons. The molecule has 2 radical (unpaired) electrons. The van der Waals surface area contributed by atoms with Crippen LogP contribution in [-0.4, -0.2) is 21.1 Å². The van der Waals surface area contributed by atoms with Crippen molar-refractivity contribution in [2.24, 2.45) is 11.8 Å². The molecule has 1 fully saturated rings. The van der Waals surface area contributed by atoms with Crippen LogP contribution in [0.15, 0.2) is 43.1 Å². The summed E-state index contributed by atoms with van der Waals surface area (Å²) in [6.07, 6.45) is 8.17. The summed E-state index contributed by atoms with van der Waals surface area (Å²) in [5, 5.41) is 0. The average molecular weight is 343 g/mol. The molecule has 0 saturated heterocycles. The predicted molar refractivity (Wildman–Crippen MR) is 77.6 cm³/mol. The van der Waals surface area contributed by atoms with Gasteiger partial charge in [-0.05, 0) is 0 Å². The zero-order valence-electron chi connectivity index (χ0n) is 11.6. The Morgan fingerprint density at radius 3 is 2.61 bits per heavy atom. The van der Waals surface area contributed by atoms with Gasteiger partial charge >= 0.3 is 121 Å². The van der Waals surface area contributed by atoms with E-state index in [4.69, 9.17) is 0 Å². The van der Waals surface area contributed by atoms with E-state index in [-0.39, 0.29) is 21.1 Å². The summed E-state index contributed by atoms with van der Waals surface area (Å²) in [6.45, 7) is 4.76. The fraction of sp³-hybridized carbons (Fsp3) is 0.529. The predicted octanol–water partition coefficient (Wildman–Crippen LogP) is 4.40. The van der Waals surface area contributed by atoms with E-state index in [0.717, 1.165) is 11.8 Å². The van der Waals surface area contributed by atoms with Gasteiger partial charge in [-0.1, -0.05) is 0 Å². The Hall–Kier alpha value is -0.241. The van der Waals surface area contributed by atoms with Crippen molar-refractivity contribution in [3.8, 4) is 0 Å². The SMILES string of the molecule is [CH3][Sn][C]1=CC2CCC3=C(C)C(C)=C4CCC1=C4C32. The van der Waals surface area contributed by atoms with Gasteiger partial charge in [0.1, 0.15) is 0 Å². The van der Waals surface area contributed by atoms with Gasteiger partial charge in [0.15, 0.2) is 0 Å². The maximum absolute atomic E-state index is 2.71. The van der Waals surface area contributed by atoms with Gasteiger partial charge in [-0.15, -0.1) is 0 Å². The van der Waals surface area contributed by atoms with Gasteiger partial charge in [0.2, 0.25) is 0 Å².